The number of hydrogen-bond donors (Lipinski definition) is 1. The van der Waals surface area contributed by atoms with E-state index in [1.54, 1.807) is 18.2 Å². The predicted molar refractivity (Wildman–Crippen MR) is 110 cm³/mol. The van der Waals surface area contributed by atoms with Crippen LogP contribution in [0.1, 0.15) is 32.1 Å². The van der Waals surface area contributed by atoms with Gasteiger partial charge in [0.2, 0.25) is 11.8 Å². The monoisotopic (exact) mass is 414 g/mol. The van der Waals surface area contributed by atoms with E-state index in [0.717, 1.165) is 31.0 Å². The molecule has 1 aromatic heterocycles. The molecule has 2 atom stereocenters. The maximum absolute atomic E-state index is 12.5. The van der Waals surface area contributed by atoms with Crippen molar-refractivity contribution in [2.75, 3.05) is 5.75 Å². The average molecular weight is 414 g/mol. The van der Waals surface area contributed by atoms with Crippen LogP contribution in [0.5, 0.6) is 0 Å². The topological polar surface area (TPSA) is 101 Å². The molecule has 9 heteroatoms. The lowest BCUT2D eigenvalue weighted by Crippen LogP contribution is -2.54. The number of benzene rings is 1. The van der Waals surface area contributed by atoms with E-state index in [9.17, 15) is 19.2 Å². The van der Waals surface area contributed by atoms with Gasteiger partial charge in [-0.3, -0.25) is 28.6 Å². The summed E-state index contributed by atoms with van der Waals surface area (Å²) in [6, 6.07) is 6.57. The van der Waals surface area contributed by atoms with E-state index >= 15 is 0 Å². The van der Waals surface area contributed by atoms with Crippen molar-refractivity contribution in [2.45, 2.75) is 50.7 Å². The molecule has 8 nitrogen and oxygen atoms in total. The van der Waals surface area contributed by atoms with E-state index in [1.807, 2.05) is 6.07 Å². The lowest BCUT2D eigenvalue weighted by molar-refractivity contribution is -0.129. The maximum Gasteiger partial charge on any atom is 0.289 e. The highest BCUT2D eigenvalue weighted by Crippen LogP contribution is 2.30. The molecule has 0 bridgehead atoms. The fourth-order valence-electron chi connectivity index (χ4n) is 4.04. The maximum atomic E-state index is 12.5. The Kier molecular flexibility index (Phi) is 5.66. The lowest BCUT2D eigenvalue weighted by Gasteiger charge is -2.36. The molecule has 2 unspecified atom stereocenters. The van der Waals surface area contributed by atoms with E-state index in [1.165, 1.54) is 15.8 Å². The zero-order valence-electron chi connectivity index (χ0n) is 15.9. The van der Waals surface area contributed by atoms with Crippen LogP contribution < -0.4 is 10.9 Å². The van der Waals surface area contributed by atoms with Crippen molar-refractivity contribution in [3.05, 3.63) is 40.9 Å². The molecular weight excluding hydrogens is 392 g/mol. The summed E-state index contributed by atoms with van der Waals surface area (Å²) < 4.78 is 1.43. The van der Waals surface area contributed by atoms with Crippen LogP contribution in [0.2, 0.25) is 0 Å². The molecule has 2 aliphatic rings. The van der Waals surface area contributed by atoms with Crippen LogP contribution in [0.4, 0.5) is 4.79 Å². The second-order valence-corrected chi connectivity index (χ2v) is 8.28. The van der Waals surface area contributed by atoms with Gasteiger partial charge in [0, 0.05) is 19.0 Å². The first-order valence-corrected chi connectivity index (χ1v) is 10.8. The van der Waals surface area contributed by atoms with Gasteiger partial charge in [-0.05, 0) is 25.0 Å². The van der Waals surface area contributed by atoms with Gasteiger partial charge in [-0.1, -0.05) is 36.7 Å². The van der Waals surface area contributed by atoms with Crippen molar-refractivity contribution < 1.29 is 14.4 Å². The number of aryl methyl sites for hydroxylation is 1. The van der Waals surface area contributed by atoms with Crippen LogP contribution in [-0.4, -0.2) is 49.3 Å². The van der Waals surface area contributed by atoms with Crippen molar-refractivity contribution in [1.82, 2.24) is 19.8 Å². The second kappa shape index (κ2) is 8.36. The molecule has 29 heavy (non-hydrogen) atoms. The van der Waals surface area contributed by atoms with Gasteiger partial charge in [0.1, 0.15) is 0 Å². The largest absolute Gasteiger partial charge is 0.351 e. The highest BCUT2D eigenvalue weighted by Gasteiger charge is 2.41. The third-order valence-corrected chi connectivity index (χ3v) is 6.34. The Morgan fingerprint density at radius 3 is 2.76 bits per heavy atom. The Bertz CT molecular complexity index is 1000. The number of carbonyl (C=O) groups excluding carboxylic acids is 3. The zero-order valence-corrected chi connectivity index (χ0v) is 16.7. The van der Waals surface area contributed by atoms with Gasteiger partial charge < -0.3 is 5.32 Å². The lowest BCUT2D eigenvalue weighted by atomic mass is 9.89. The number of thioether (sulfide) groups is 1. The summed E-state index contributed by atoms with van der Waals surface area (Å²) in [6.45, 7) is 0.220. The fourth-order valence-corrected chi connectivity index (χ4v) is 4.80. The van der Waals surface area contributed by atoms with E-state index < -0.39 is 0 Å². The molecule has 2 aromatic rings. The summed E-state index contributed by atoms with van der Waals surface area (Å²) in [4.78, 5) is 54.8. The summed E-state index contributed by atoms with van der Waals surface area (Å²) in [5.74, 6) is -0.206. The molecule has 0 spiro atoms. The van der Waals surface area contributed by atoms with Gasteiger partial charge in [-0.2, -0.15) is 0 Å². The summed E-state index contributed by atoms with van der Waals surface area (Å²) >= 11 is 1.02. The second-order valence-electron chi connectivity index (χ2n) is 7.35. The van der Waals surface area contributed by atoms with Gasteiger partial charge in [0.15, 0.2) is 0 Å². The van der Waals surface area contributed by atoms with E-state index in [-0.39, 0.29) is 53.4 Å². The van der Waals surface area contributed by atoms with Crippen LogP contribution in [0.25, 0.3) is 10.9 Å². The number of amides is 3. The summed E-state index contributed by atoms with van der Waals surface area (Å²) in [5, 5.41) is 3.28. The van der Waals surface area contributed by atoms with Gasteiger partial charge >= 0.3 is 0 Å². The molecule has 1 saturated carbocycles. The first kappa shape index (κ1) is 19.6. The molecule has 3 amide bonds. The standard InChI is InChI=1S/C20H22N4O4S/c25-17(9-10-23-12-21-14-6-2-1-5-13(14)19(23)27)22-15-7-3-4-8-16(15)24-18(26)11-29-20(24)28/h1-2,5-6,12,15-16H,3-4,7-11H2,(H,22,25). The predicted octanol–water partition coefficient (Wildman–Crippen LogP) is 1.91. The number of carbonyl (C=O) groups is 3. The number of fused-ring (bicyclic) bond motifs is 1. The van der Waals surface area contributed by atoms with Gasteiger partial charge in [-0.15, -0.1) is 0 Å². The minimum absolute atomic E-state index is 0.125. The number of nitrogens with one attached hydrogen (secondary N) is 1. The van der Waals surface area contributed by atoms with Crippen molar-refractivity contribution in [1.29, 1.82) is 0 Å². The Morgan fingerprint density at radius 2 is 1.97 bits per heavy atom. The molecular formula is C20H22N4O4S. The fraction of sp³-hybridized carbons (Fsp3) is 0.450. The van der Waals surface area contributed by atoms with Gasteiger partial charge in [0.25, 0.3) is 10.8 Å². The van der Waals surface area contributed by atoms with Crippen molar-refractivity contribution in [3.63, 3.8) is 0 Å². The number of imide groups is 1. The first-order valence-electron chi connectivity index (χ1n) is 9.77. The number of nitrogens with zero attached hydrogens (tertiary/aromatic N) is 3. The molecule has 4 rings (SSSR count). The van der Waals surface area contributed by atoms with Crippen molar-refractivity contribution in [2.24, 2.45) is 0 Å². The molecule has 2 heterocycles. The SMILES string of the molecule is O=C(CCn1cnc2ccccc2c1=O)NC1CCCCC1N1C(=O)CSC1=O. The zero-order chi connectivity index (χ0) is 20.4. The molecule has 1 aliphatic heterocycles. The molecule has 2 fully saturated rings. The Hall–Kier alpha value is -2.68. The summed E-state index contributed by atoms with van der Waals surface area (Å²) in [7, 11) is 0. The number of rotatable bonds is 5. The van der Waals surface area contributed by atoms with E-state index in [2.05, 4.69) is 10.3 Å². The van der Waals surface area contributed by atoms with E-state index in [0.29, 0.717) is 17.3 Å². The summed E-state index contributed by atoms with van der Waals surface area (Å²) in [5.41, 5.74) is 0.449. The Labute approximate surface area is 171 Å². The van der Waals surface area contributed by atoms with Crippen LogP contribution in [0, 0.1) is 0 Å². The molecule has 1 aromatic carbocycles. The number of aromatic nitrogens is 2. The van der Waals surface area contributed by atoms with Crippen LogP contribution >= 0.6 is 11.8 Å². The van der Waals surface area contributed by atoms with Crippen LogP contribution in [0.15, 0.2) is 35.4 Å². The first-order chi connectivity index (χ1) is 14.0. The minimum atomic E-state index is -0.284. The smallest absolute Gasteiger partial charge is 0.289 e. The highest BCUT2D eigenvalue weighted by molar-refractivity contribution is 8.14. The normalized spacial score (nSPS) is 22.3. The van der Waals surface area contributed by atoms with Crippen molar-refractivity contribution >= 4 is 39.7 Å². The average Bonchev–Trinajstić information content (AvgIpc) is 3.06. The Morgan fingerprint density at radius 1 is 1.17 bits per heavy atom. The molecule has 1 aliphatic carbocycles. The van der Waals surface area contributed by atoms with E-state index in [4.69, 9.17) is 0 Å². The van der Waals surface area contributed by atoms with Gasteiger partial charge in [0.05, 0.1) is 29.0 Å². The number of hydrogen-bond acceptors (Lipinski definition) is 6. The number of para-hydroxylation sites is 1. The third kappa shape index (κ3) is 4.05. The third-order valence-electron chi connectivity index (χ3n) is 5.50. The van der Waals surface area contributed by atoms with Crippen LogP contribution in [-0.2, 0) is 16.1 Å². The quantitative estimate of drug-likeness (QED) is 0.802. The van der Waals surface area contributed by atoms with Gasteiger partial charge in [-0.25, -0.2) is 4.98 Å². The van der Waals surface area contributed by atoms with Crippen molar-refractivity contribution in [3.8, 4) is 0 Å². The highest BCUT2D eigenvalue weighted by atomic mass is 32.2. The molecule has 152 valence electrons. The molecule has 1 saturated heterocycles. The Balaban J connectivity index is 1.41. The molecule has 1 N–H and O–H groups in total. The minimum Gasteiger partial charge on any atom is -0.351 e. The summed E-state index contributed by atoms with van der Waals surface area (Å²) in [6.07, 6.45) is 4.89. The molecule has 0 radical (unpaired) electrons. The van der Waals surface area contributed by atoms with Crippen LogP contribution in [0.3, 0.4) is 0 Å².